The van der Waals surface area contributed by atoms with Gasteiger partial charge in [-0.15, -0.1) is 11.3 Å². The minimum atomic E-state index is -0.476. The van der Waals surface area contributed by atoms with Crippen LogP contribution >= 0.6 is 27.3 Å². The second-order valence-electron chi connectivity index (χ2n) is 4.62. The van der Waals surface area contributed by atoms with E-state index in [4.69, 9.17) is 4.74 Å². The third kappa shape index (κ3) is 3.94. The molecule has 0 radical (unpaired) electrons. The molecule has 0 bridgehead atoms. The number of esters is 1. The van der Waals surface area contributed by atoms with Gasteiger partial charge in [-0.3, -0.25) is 9.20 Å². The van der Waals surface area contributed by atoms with E-state index in [1.165, 1.54) is 27.9 Å². The number of thiophene rings is 1. The average molecular weight is 391 g/mol. The zero-order valence-electron chi connectivity index (χ0n) is 11.8. The first-order chi connectivity index (χ1) is 11.1. The number of nitrogens with zero attached hydrogens (tertiary/aromatic N) is 2. The molecule has 0 spiro atoms. The summed E-state index contributed by atoms with van der Waals surface area (Å²) in [5, 5.41) is 1.93. The molecule has 0 aliphatic heterocycles. The zero-order chi connectivity index (χ0) is 16.2. The van der Waals surface area contributed by atoms with Crippen molar-refractivity contribution >= 4 is 45.0 Å². The molecule has 0 unspecified atom stereocenters. The van der Waals surface area contributed by atoms with Crippen molar-refractivity contribution in [3.63, 3.8) is 0 Å². The second-order valence-corrected chi connectivity index (χ2v) is 6.51. The molecule has 0 atom stereocenters. The average Bonchev–Trinajstić information content (AvgIpc) is 3.05. The number of halogens is 1. The van der Waals surface area contributed by atoms with E-state index in [1.54, 1.807) is 24.4 Å². The third-order valence-electron chi connectivity index (χ3n) is 2.97. The lowest BCUT2D eigenvalue weighted by molar-refractivity contribution is -0.139. The van der Waals surface area contributed by atoms with Gasteiger partial charge in [-0.1, -0.05) is 6.07 Å². The molecule has 23 heavy (non-hydrogen) atoms. The van der Waals surface area contributed by atoms with Crippen LogP contribution in [0.3, 0.4) is 0 Å². The summed E-state index contributed by atoms with van der Waals surface area (Å²) in [4.78, 5) is 29.0. The van der Waals surface area contributed by atoms with Crippen LogP contribution in [0.4, 0.5) is 0 Å². The van der Waals surface area contributed by atoms with Gasteiger partial charge in [0.25, 0.3) is 5.56 Å². The van der Waals surface area contributed by atoms with Crippen molar-refractivity contribution in [2.24, 2.45) is 0 Å². The number of fused-ring (bicyclic) bond motifs is 1. The number of rotatable bonds is 4. The van der Waals surface area contributed by atoms with E-state index in [-0.39, 0.29) is 12.2 Å². The fourth-order valence-corrected chi connectivity index (χ4v) is 2.88. The number of carbonyl (C=O) groups is 1. The second kappa shape index (κ2) is 6.89. The molecule has 0 N–H and O–H groups in total. The number of ether oxygens (including phenoxy) is 1. The van der Waals surface area contributed by atoms with Crippen LogP contribution in [0, 0.1) is 0 Å². The summed E-state index contributed by atoms with van der Waals surface area (Å²) in [5.41, 5.74) is 0.688. The highest BCUT2D eigenvalue weighted by atomic mass is 79.9. The van der Waals surface area contributed by atoms with Crippen LogP contribution in [0.5, 0.6) is 0 Å². The Hall–Kier alpha value is -2.25. The van der Waals surface area contributed by atoms with Crippen molar-refractivity contribution < 1.29 is 9.53 Å². The molecule has 3 aromatic rings. The number of carbonyl (C=O) groups excluding carboxylic acids is 1. The van der Waals surface area contributed by atoms with Gasteiger partial charge in [0, 0.05) is 27.7 Å². The summed E-state index contributed by atoms with van der Waals surface area (Å²) in [7, 11) is 0. The lowest BCUT2D eigenvalue weighted by Gasteiger charge is -2.04. The monoisotopic (exact) mass is 390 g/mol. The quantitative estimate of drug-likeness (QED) is 0.506. The molecule has 0 aliphatic rings. The van der Waals surface area contributed by atoms with Gasteiger partial charge in [-0.2, -0.15) is 0 Å². The van der Waals surface area contributed by atoms with Crippen molar-refractivity contribution in [2.45, 2.75) is 6.61 Å². The Morgan fingerprint density at radius 3 is 3.04 bits per heavy atom. The lowest BCUT2D eigenvalue weighted by Crippen LogP contribution is -2.16. The maximum absolute atomic E-state index is 12.0. The van der Waals surface area contributed by atoms with E-state index in [1.807, 2.05) is 17.5 Å². The van der Waals surface area contributed by atoms with E-state index in [0.717, 1.165) is 9.35 Å². The van der Waals surface area contributed by atoms with Crippen molar-refractivity contribution in [1.29, 1.82) is 0 Å². The highest BCUT2D eigenvalue weighted by Crippen LogP contribution is 2.11. The number of hydrogen-bond donors (Lipinski definition) is 0. The Bertz CT molecular complexity index is 932. The van der Waals surface area contributed by atoms with Crippen LogP contribution in [0.2, 0.25) is 0 Å². The Morgan fingerprint density at radius 1 is 1.39 bits per heavy atom. The van der Waals surface area contributed by atoms with Gasteiger partial charge in [-0.25, -0.2) is 9.78 Å². The Kier molecular flexibility index (Phi) is 4.68. The maximum atomic E-state index is 12.0. The fourth-order valence-electron chi connectivity index (χ4n) is 1.93. The molecule has 7 heteroatoms. The molecule has 3 aromatic heterocycles. The normalized spacial score (nSPS) is 11.2. The smallest absolute Gasteiger partial charge is 0.331 e. The van der Waals surface area contributed by atoms with Gasteiger partial charge < -0.3 is 4.74 Å². The first kappa shape index (κ1) is 15.6. The summed E-state index contributed by atoms with van der Waals surface area (Å²) < 4.78 is 7.32. The molecule has 0 saturated carbocycles. The van der Waals surface area contributed by atoms with Gasteiger partial charge in [0.2, 0.25) is 0 Å². The van der Waals surface area contributed by atoms with Crippen LogP contribution in [0.15, 0.2) is 57.3 Å². The molecule has 0 aliphatic carbocycles. The van der Waals surface area contributed by atoms with Crippen molar-refractivity contribution in [3.05, 3.63) is 73.4 Å². The lowest BCUT2D eigenvalue weighted by atomic mass is 10.4. The molecule has 0 amide bonds. The standard InChI is InChI=1S/C16H11BrN2O3S/c17-11-3-5-14-18-12(8-15(20)19(14)9-11)10-22-16(21)6-4-13-2-1-7-23-13/h1-9H,10H2/b6-4+. The minimum absolute atomic E-state index is 0.0462. The summed E-state index contributed by atoms with van der Waals surface area (Å²) in [6.07, 6.45) is 4.69. The van der Waals surface area contributed by atoms with Crippen molar-refractivity contribution in [2.75, 3.05) is 0 Å². The van der Waals surface area contributed by atoms with Crippen molar-refractivity contribution in [1.82, 2.24) is 9.38 Å². The van der Waals surface area contributed by atoms with Crippen LogP contribution in [-0.4, -0.2) is 15.4 Å². The van der Waals surface area contributed by atoms with Gasteiger partial charge in [0.15, 0.2) is 0 Å². The predicted octanol–water partition coefficient (Wildman–Crippen LogP) is 3.28. The summed E-state index contributed by atoms with van der Waals surface area (Å²) in [5.74, 6) is -0.476. The summed E-state index contributed by atoms with van der Waals surface area (Å²) in [6.45, 7) is -0.0462. The van der Waals surface area contributed by atoms with Gasteiger partial charge in [-0.05, 0) is 45.6 Å². The highest BCUT2D eigenvalue weighted by molar-refractivity contribution is 9.10. The van der Waals surface area contributed by atoms with Crippen LogP contribution in [0.1, 0.15) is 10.6 Å². The third-order valence-corrected chi connectivity index (χ3v) is 4.27. The van der Waals surface area contributed by atoms with Crippen LogP contribution in [0.25, 0.3) is 11.7 Å². The number of pyridine rings is 1. The fraction of sp³-hybridized carbons (Fsp3) is 0.0625. The van der Waals surface area contributed by atoms with Gasteiger partial charge in [0.05, 0.1) is 5.69 Å². The van der Waals surface area contributed by atoms with E-state index in [2.05, 4.69) is 20.9 Å². The van der Waals surface area contributed by atoms with Crippen molar-refractivity contribution in [3.8, 4) is 0 Å². The molecular weight excluding hydrogens is 380 g/mol. The maximum Gasteiger partial charge on any atom is 0.331 e. The molecule has 0 aromatic carbocycles. The van der Waals surface area contributed by atoms with Crippen LogP contribution < -0.4 is 5.56 Å². The Labute approximate surface area is 144 Å². The van der Waals surface area contributed by atoms with Crippen LogP contribution in [-0.2, 0) is 16.1 Å². The Morgan fingerprint density at radius 2 is 2.26 bits per heavy atom. The first-order valence-electron chi connectivity index (χ1n) is 6.68. The van der Waals surface area contributed by atoms with E-state index < -0.39 is 5.97 Å². The summed E-state index contributed by atoms with van der Waals surface area (Å²) in [6, 6.07) is 8.67. The highest BCUT2D eigenvalue weighted by Gasteiger charge is 2.05. The summed E-state index contributed by atoms with van der Waals surface area (Å²) >= 11 is 4.83. The predicted molar refractivity (Wildman–Crippen MR) is 92.3 cm³/mol. The van der Waals surface area contributed by atoms with Gasteiger partial charge >= 0.3 is 5.97 Å². The Balaban J connectivity index is 1.71. The molecule has 3 heterocycles. The minimum Gasteiger partial charge on any atom is -0.456 e. The molecular formula is C16H11BrN2O3S. The first-order valence-corrected chi connectivity index (χ1v) is 8.35. The van der Waals surface area contributed by atoms with E-state index in [0.29, 0.717) is 11.3 Å². The molecule has 116 valence electrons. The van der Waals surface area contributed by atoms with E-state index in [9.17, 15) is 9.59 Å². The van der Waals surface area contributed by atoms with E-state index >= 15 is 0 Å². The molecule has 5 nitrogen and oxygen atoms in total. The number of hydrogen-bond acceptors (Lipinski definition) is 5. The SMILES string of the molecule is O=C(/C=C/c1cccs1)OCc1cc(=O)n2cc(Br)ccc2n1. The molecule has 3 rings (SSSR count). The molecule has 0 saturated heterocycles. The molecule has 0 fully saturated rings. The number of aromatic nitrogens is 2. The topological polar surface area (TPSA) is 60.7 Å². The zero-order valence-corrected chi connectivity index (χ0v) is 14.2. The largest absolute Gasteiger partial charge is 0.456 e. The van der Waals surface area contributed by atoms with Gasteiger partial charge in [0.1, 0.15) is 12.3 Å².